The predicted molar refractivity (Wildman–Crippen MR) is 81.4 cm³/mol. The molecule has 0 atom stereocenters. The van der Waals surface area contributed by atoms with Gasteiger partial charge in [-0.3, -0.25) is 9.59 Å². The highest BCUT2D eigenvalue weighted by Crippen LogP contribution is 2.25. The summed E-state index contributed by atoms with van der Waals surface area (Å²) in [7, 11) is 0. The molecule has 1 fully saturated rings. The number of rotatable bonds is 5. The molecule has 0 saturated heterocycles. The first kappa shape index (κ1) is 15.9. The van der Waals surface area contributed by atoms with Gasteiger partial charge in [-0.05, 0) is 26.7 Å². The molecule has 0 bridgehead atoms. The van der Waals surface area contributed by atoms with E-state index in [1.807, 2.05) is 6.92 Å². The van der Waals surface area contributed by atoms with Gasteiger partial charge in [-0.25, -0.2) is 4.98 Å². The van der Waals surface area contributed by atoms with Crippen molar-refractivity contribution >= 4 is 23.2 Å². The summed E-state index contributed by atoms with van der Waals surface area (Å²) in [4.78, 5) is 30.9. The van der Waals surface area contributed by atoms with E-state index in [-0.39, 0.29) is 24.5 Å². The van der Waals surface area contributed by atoms with E-state index in [0.29, 0.717) is 11.5 Å². The molecule has 0 aromatic carbocycles. The van der Waals surface area contributed by atoms with Crippen LogP contribution in [0, 0.1) is 6.92 Å². The van der Waals surface area contributed by atoms with E-state index in [9.17, 15) is 9.59 Å². The Morgan fingerprint density at radius 3 is 2.67 bits per heavy atom. The molecule has 1 aromatic heterocycles. The number of carbonyl (C=O) groups excluding carboxylic acids is 2. The third-order valence-corrected chi connectivity index (χ3v) is 4.61. The fourth-order valence-electron chi connectivity index (χ4n) is 2.71. The zero-order valence-corrected chi connectivity index (χ0v) is 13.4. The summed E-state index contributed by atoms with van der Waals surface area (Å²) in [5.41, 5.74) is 0. The fourth-order valence-corrected chi connectivity index (χ4v) is 3.44. The second-order valence-corrected chi connectivity index (χ2v) is 6.51. The van der Waals surface area contributed by atoms with Gasteiger partial charge >= 0.3 is 5.97 Å². The van der Waals surface area contributed by atoms with Crippen LogP contribution in [0.2, 0.25) is 0 Å². The van der Waals surface area contributed by atoms with E-state index in [1.54, 1.807) is 18.0 Å². The molecule has 0 spiro atoms. The minimum atomic E-state index is -0.335. The van der Waals surface area contributed by atoms with Crippen LogP contribution in [0.3, 0.4) is 0 Å². The van der Waals surface area contributed by atoms with Crippen molar-refractivity contribution in [1.29, 1.82) is 0 Å². The quantitative estimate of drug-likeness (QED) is 0.785. The van der Waals surface area contributed by atoms with Gasteiger partial charge in [0.25, 0.3) is 5.91 Å². The summed E-state index contributed by atoms with van der Waals surface area (Å²) in [6.07, 6.45) is 6.95. The molecular formula is C15H22N2O3S. The molecular weight excluding hydrogens is 288 g/mol. The zero-order valence-electron chi connectivity index (χ0n) is 12.6. The summed E-state index contributed by atoms with van der Waals surface area (Å²) >= 11 is 1.37. The number of ether oxygens (including phenoxy) is 1. The van der Waals surface area contributed by atoms with Gasteiger partial charge in [0.15, 0.2) is 0 Å². The normalized spacial score (nSPS) is 15.7. The molecule has 2 rings (SSSR count). The molecule has 116 valence electrons. The largest absolute Gasteiger partial charge is 0.465 e. The summed E-state index contributed by atoms with van der Waals surface area (Å²) in [5.74, 6) is -0.432. The van der Waals surface area contributed by atoms with Crippen LogP contribution >= 0.6 is 11.3 Å². The summed E-state index contributed by atoms with van der Waals surface area (Å²) in [6, 6.07) is 0.137. The van der Waals surface area contributed by atoms with Gasteiger partial charge in [0.2, 0.25) is 0 Å². The molecule has 5 nitrogen and oxygen atoms in total. The van der Waals surface area contributed by atoms with Crippen LogP contribution in [0.15, 0.2) is 6.20 Å². The minimum Gasteiger partial charge on any atom is -0.465 e. The lowest BCUT2D eigenvalue weighted by atomic mass is 9.94. The Hall–Kier alpha value is -1.43. The Morgan fingerprint density at radius 2 is 2.10 bits per heavy atom. The highest BCUT2D eigenvalue weighted by molar-refractivity contribution is 7.13. The van der Waals surface area contributed by atoms with E-state index in [4.69, 9.17) is 4.74 Å². The molecule has 21 heavy (non-hydrogen) atoms. The molecule has 0 aliphatic heterocycles. The van der Waals surface area contributed by atoms with E-state index in [0.717, 1.165) is 30.7 Å². The number of nitrogens with zero attached hydrogens (tertiary/aromatic N) is 2. The highest BCUT2D eigenvalue weighted by atomic mass is 32.1. The Balaban J connectivity index is 2.13. The molecule has 0 N–H and O–H groups in total. The number of carbonyl (C=O) groups is 2. The Morgan fingerprint density at radius 1 is 1.38 bits per heavy atom. The van der Waals surface area contributed by atoms with Gasteiger partial charge in [0.05, 0.1) is 17.8 Å². The first-order chi connectivity index (χ1) is 10.1. The molecule has 0 unspecified atom stereocenters. The summed E-state index contributed by atoms with van der Waals surface area (Å²) in [6.45, 7) is 4.02. The fraction of sp³-hybridized carbons (Fsp3) is 0.667. The van der Waals surface area contributed by atoms with E-state index in [2.05, 4.69) is 4.98 Å². The second kappa shape index (κ2) is 7.54. The maximum atomic E-state index is 12.7. The SMILES string of the molecule is CCOC(=O)CN(C(=O)c1cnc(C)s1)C1CCCCC1. The number of thiazole rings is 1. The molecule has 1 amide bonds. The highest BCUT2D eigenvalue weighted by Gasteiger charge is 2.29. The lowest BCUT2D eigenvalue weighted by molar-refractivity contribution is -0.144. The third-order valence-electron chi connectivity index (χ3n) is 3.71. The molecule has 1 saturated carbocycles. The third kappa shape index (κ3) is 4.27. The van der Waals surface area contributed by atoms with Crippen LogP contribution in [-0.2, 0) is 9.53 Å². The molecule has 0 radical (unpaired) electrons. The average molecular weight is 310 g/mol. The van der Waals surface area contributed by atoms with Gasteiger partial charge in [-0.15, -0.1) is 11.3 Å². The number of aryl methyl sites for hydroxylation is 1. The van der Waals surface area contributed by atoms with Crippen LogP contribution in [0.4, 0.5) is 0 Å². The van der Waals surface area contributed by atoms with Gasteiger partial charge in [-0.1, -0.05) is 19.3 Å². The van der Waals surface area contributed by atoms with Crippen LogP contribution in [0.1, 0.15) is 53.7 Å². The van der Waals surface area contributed by atoms with Crippen molar-refractivity contribution in [3.63, 3.8) is 0 Å². The van der Waals surface area contributed by atoms with Gasteiger partial charge in [0, 0.05) is 6.04 Å². The van der Waals surface area contributed by atoms with Crippen molar-refractivity contribution in [3.05, 3.63) is 16.1 Å². The number of hydrogen-bond donors (Lipinski definition) is 0. The van der Waals surface area contributed by atoms with Gasteiger partial charge in [-0.2, -0.15) is 0 Å². The Labute approximate surface area is 129 Å². The number of amides is 1. The van der Waals surface area contributed by atoms with Crippen molar-refractivity contribution in [2.75, 3.05) is 13.2 Å². The minimum absolute atomic E-state index is 0.0360. The second-order valence-electron chi connectivity index (χ2n) is 5.27. The number of hydrogen-bond acceptors (Lipinski definition) is 5. The maximum absolute atomic E-state index is 12.7. The van der Waals surface area contributed by atoms with Crippen LogP contribution in [0.5, 0.6) is 0 Å². The van der Waals surface area contributed by atoms with Crippen molar-refractivity contribution in [1.82, 2.24) is 9.88 Å². The van der Waals surface area contributed by atoms with E-state index >= 15 is 0 Å². The lowest BCUT2D eigenvalue weighted by Gasteiger charge is -2.33. The summed E-state index contributed by atoms with van der Waals surface area (Å²) < 4.78 is 5.01. The number of aromatic nitrogens is 1. The molecule has 1 aromatic rings. The van der Waals surface area contributed by atoms with Crippen LogP contribution in [-0.4, -0.2) is 41.0 Å². The standard InChI is InChI=1S/C15H22N2O3S/c1-3-20-14(18)10-17(12-7-5-4-6-8-12)15(19)13-9-16-11(2)21-13/h9,12H,3-8,10H2,1-2H3. The molecule has 1 aliphatic carbocycles. The lowest BCUT2D eigenvalue weighted by Crippen LogP contribution is -2.44. The number of esters is 1. The Kier molecular flexibility index (Phi) is 5.73. The van der Waals surface area contributed by atoms with Crippen molar-refractivity contribution in [2.24, 2.45) is 0 Å². The topological polar surface area (TPSA) is 59.5 Å². The smallest absolute Gasteiger partial charge is 0.325 e. The van der Waals surface area contributed by atoms with Crippen LogP contribution < -0.4 is 0 Å². The van der Waals surface area contributed by atoms with Crippen molar-refractivity contribution in [3.8, 4) is 0 Å². The van der Waals surface area contributed by atoms with Crippen LogP contribution in [0.25, 0.3) is 0 Å². The first-order valence-corrected chi connectivity index (χ1v) is 8.32. The Bertz CT molecular complexity index is 495. The maximum Gasteiger partial charge on any atom is 0.325 e. The van der Waals surface area contributed by atoms with Crippen molar-refractivity contribution < 1.29 is 14.3 Å². The predicted octanol–water partition coefficient (Wildman–Crippen LogP) is 2.79. The van der Waals surface area contributed by atoms with Gasteiger partial charge in [0.1, 0.15) is 11.4 Å². The molecule has 1 aliphatic rings. The van der Waals surface area contributed by atoms with E-state index in [1.165, 1.54) is 17.8 Å². The van der Waals surface area contributed by atoms with Gasteiger partial charge < -0.3 is 9.64 Å². The average Bonchev–Trinajstić information content (AvgIpc) is 2.92. The molecule has 6 heteroatoms. The van der Waals surface area contributed by atoms with E-state index < -0.39 is 0 Å². The zero-order chi connectivity index (χ0) is 15.2. The first-order valence-electron chi connectivity index (χ1n) is 7.50. The molecule has 1 heterocycles. The monoisotopic (exact) mass is 310 g/mol. The summed E-state index contributed by atoms with van der Waals surface area (Å²) in [5, 5.41) is 0.859. The van der Waals surface area contributed by atoms with Crippen molar-refractivity contribution in [2.45, 2.75) is 52.0 Å².